The highest BCUT2D eigenvalue weighted by Crippen LogP contribution is 2.18. The van der Waals surface area contributed by atoms with E-state index in [0.717, 1.165) is 6.07 Å². The van der Waals surface area contributed by atoms with Crippen LogP contribution in [-0.4, -0.2) is 14.6 Å². The van der Waals surface area contributed by atoms with Gasteiger partial charge in [-0.3, -0.25) is 5.41 Å². The summed E-state index contributed by atoms with van der Waals surface area (Å²) in [5.74, 6) is -1.06. The van der Waals surface area contributed by atoms with Crippen molar-refractivity contribution < 1.29 is 13.2 Å². The highest BCUT2D eigenvalue weighted by molar-refractivity contribution is 7.79. The molecule has 0 spiro atoms. The Morgan fingerprint density at radius 3 is 2.64 bits per heavy atom. The first kappa shape index (κ1) is 10.8. The van der Waals surface area contributed by atoms with Crippen LogP contribution in [0.5, 0.6) is 0 Å². The molecule has 0 aliphatic carbocycles. The van der Waals surface area contributed by atoms with E-state index in [-0.39, 0.29) is 21.9 Å². The minimum Gasteiger partial charge on any atom is -0.384 e. The summed E-state index contributed by atoms with van der Waals surface area (Å²) >= 11 is -2.36. The zero-order valence-corrected chi connectivity index (χ0v) is 8.19. The van der Waals surface area contributed by atoms with Crippen LogP contribution >= 0.6 is 0 Å². The van der Waals surface area contributed by atoms with Gasteiger partial charge in [0.2, 0.25) is 0 Å². The van der Waals surface area contributed by atoms with E-state index in [1.54, 1.807) is 0 Å². The average Bonchev–Trinajstić information content (AvgIpc) is 2.08. The smallest absolute Gasteiger partial charge is 0.189 e. The number of hydrogen-bond donors (Lipinski definition) is 3. The highest BCUT2D eigenvalue weighted by atomic mass is 32.2. The number of nitrogens with one attached hydrogen (secondary N) is 1. The maximum absolute atomic E-state index is 13.4. The summed E-state index contributed by atoms with van der Waals surface area (Å²) in [6.07, 6.45) is 0. The van der Waals surface area contributed by atoms with Gasteiger partial charge in [0.15, 0.2) is 11.1 Å². The van der Waals surface area contributed by atoms with E-state index in [1.165, 1.54) is 13.0 Å². The van der Waals surface area contributed by atoms with Gasteiger partial charge in [0.05, 0.1) is 0 Å². The molecule has 0 fully saturated rings. The second kappa shape index (κ2) is 3.85. The van der Waals surface area contributed by atoms with Gasteiger partial charge in [-0.25, -0.2) is 8.60 Å². The van der Waals surface area contributed by atoms with Crippen LogP contribution in [0.3, 0.4) is 0 Å². The molecule has 4 N–H and O–H groups in total. The third-order valence-corrected chi connectivity index (χ3v) is 2.52. The molecule has 1 unspecified atom stereocenters. The van der Waals surface area contributed by atoms with Crippen LogP contribution in [0.25, 0.3) is 0 Å². The molecule has 4 nitrogen and oxygen atoms in total. The fourth-order valence-corrected chi connectivity index (χ4v) is 1.58. The monoisotopic (exact) mass is 216 g/mol. The van der Waals surface area contributed by atoms with Crippen LogP contribution in [0.1, 0.15) is 11.1 Å². The second-order valence-corrected chi connectivity index (χ2v) is 3.65. The predicted octanol–water partition coefficient (Wildman–Crippen LogP) is 0.999. The minimum absolute atomic E-state index is 0.109. The number of nitrogens with two attached hydrogens (primary N) is 1. The van der Waals surface area contributed by atoms with Crippen molar-refractivity contribution in [1.29, 1.82) is 5.41 Å². The predicted molar refractivity (Wildman–Crippen MR) is 51.2 cm³/mol. The first-order chi connectivity index (χ1) is 6.45. The van der Waals surface area contributed by atoms with Gasteiger partial charge in [0.25, 0.3) is 0 Å². The molecule has 0 saturated heterocycles. The van der Waals surface area contributed by atoms with Crippen LogP contribution in [0.4, 0.5) is 4.39 Å². The number of rotatable bonds is 2. The first-order valence-corrected chi connectivity index (χ1v) is 4.80. The van der Waals surface area contributed by atoms with Crippen molar-refractivity contribution in [3.63, 3.8) is 0 Å². The minimum atomic E-state index is -2.36. The molecular weight excluding hydrogens is 207 g/mol. The van der Waals surface area contributed by atoms with Crippen molar-refractivity contribution in [2.45, 2.75) is 11.8 Å². The van der Waals surface area contributed by atoms with E-state index in [2.05, 4.69) is 0 Å². The van der Waals surface area contributed by atoms with Crippen molar-refractivity contribution in [2.75, 3.05) is 0 Å². The topological polar surface area (TPSA) is 87.2 Å². The zero-order valence-electron chi connectivity index (χ0n) is 7.37. The Hall–Kier alpha value is -1.27. The number of halogens is 1. The van der Waals surface area contributed by atoms with E-state index < -0.39 is 16.9 Å². The van der Waals surface area contributed by atoms with E-state index >= 15 is 0 Å². The molecule has 0 aliphatic heterocycles. The molecule has 0 amide bonds. The summed E-state index contributed by atoms with van der Waals surface area (Å²) in [5, 5.41) is 7.12. The highest BCUT2D eigenvalue weighted by Gasteiger charge is 2.14. The van der Waals surface area contributed by atoms with Gasteiger partial charge in [0, 0.05) is 5.56 Å². The van der Waals surface area contributed by atoms with Crippen LogP contribution in [0.15, 0.2) is 17.0 Å². The van der Waals surface area contributed by atoms with Crippen molar-refractivity contribution in [3.8, 4) is 0 Å². The Bertz CT molecular complexity index is 381. The van der Waals surface area contributed by atoms with E-state index in [1.807, 2.05) is 0 Å². The largest absolute Gasteiger partial charge is 0.384 e. The van der Waals surface area contributed by atoms with Crippen molar-refractivity contribution in [2.24, 2.45) is 5.73 Å². The van der Waals surface area contributed by atoms with Crippen LogP contribution < -0.4 is 5.73 Å². The fourth-order valence-electron chi connectivity index (χ4n) is 1.09. The van der Waals surface area contributed by atoms with E-state index in [9.17, 15) is 8.60 Å². The van der Waals surface area contributed by atoms with Crippen molar-refractivity contribution in [3.05, 3.63) is 29.1 Å². The van der Waals surface area contributed by atoms with Crippen LogP contribution in [0.2, 0.25) is 0 Å². The Labute approximate surface area is 82.7 Å². The van der Waals surface area contributed by atoms with E-state index in [0.29, 0.717) is 0 Å². The molecule has 1 atom stereocenters. The summed E-state index contributed by atoms with van der Waals surface area (Å²) in [6, 6.07) is 2.50. The van der Waals surface area contributed by atoms with Gasteiger partial charge in [-0.1, -0.05) is 0 Å². The lowest BCUT2D eigenvalue weighted by Crippen LogP contribution is -2.14. The Morgan fingerprint density at radius 2 is 2.21 bits per heavy atom. The van der Waals surface area contributed by atoms with Crippen molar-refractivity contribution in [1.82, 2.24) is 0 Å². The third-order valence-electron chi connectivity index (χ3n) is 1.83. The SMILES string of the molecule is Cc1c(C(=N)N)ccc(S(=O)O)c1F. The van der Waals surface area contributed by atoms with Gasteiger partial charge in [0.1, 0.15) is 16.5 Å². The molecule has 76 valence electrons. The molecule has 14 heavy (non-hydrogen) atoms. The fraction of sp³-hybridized carbons (Fsp3) is 0.125. The molecular formula is C8H9FN2O2S. The normalized spacial score (nSPS) is 12.5. The number of amidine groups is 1. The van der Waals surface area contributed by atoms with Crippen molar-refractivity contribution >= 4 is 16.9 Å². The molecule has 0 saturated carbocycles. The Morgan fingerprint density at radius 1 is 1.64 bits per heavy atom. The molecule has 1 rings (SSSR count). The average molecular weight is 216 g/mol. The lowest BCUT2D eigenvalue weighted by atomic mass is 10.1. The molecule has 1 aromatic carbocycles. The molecule has 0 radical (unpaired) electrons. The number of benzene rings is 1. The third kappa shape index (κ3) is 1.80. The van der Waals surface area contributed by atoms with E-state index in [4.69, 9.17) is 15.7 Å². The standard InChI is InChI=1S/C8H9FN2O2S/c1-4-5(8(10)11)2-3-6(7(4)9)14(12)13/h2-3H,1H3,(H3,10,11)(H,12,13). The first-order valence-electron chi connectivity index (χ1n) is 3.69. The summed E-state index contributed by atoms with van der Waals surface area (Å²) in [5.41, 5.74) is 5.53. The van der Waals surface area contributed by atoms with Gasteiger partial charge in [-0.15, -0.1) is 0 Å². The molecule has 0 aliphatic rings. The lowest BCUT2D eigenvalue weighted by molar-refractivity contribution is 0.541. The summed E-state index contributed by atoms with van der Waals surface area (Å²) in [7, 11) is 0. The van der Waals surface area contributed by atoms with Gasteiger partial charge in [-0.05, 0) is 24.6 Å². The molecule has 6 heteroatoms. The van der Waals surface area contributed by atoms with Gasteiger partial charge in [-0.2, -0.15) is 0 Å². The quantitative estimate of drug-likeness (QED) is 0.391. The molecule has 1 aromatic rings. The molecule has 0 aromatic heterocycles. The molecule has 0 heterocycles. The van der Waals surface area contributed by atoms with Gasteiger partial charge < -0.3 is 10.3 Å². The Balaban J connectivity index is 3.41. The van der Waals surface area contributed by atoms with Crippen LogP contribution in [-0.2, 0) is 11.1 Å². The summed E-state index contributed by atoms with van der Waals surface area (Å²) in [4.78, 5) is -0.299. The zero-order chi connectivity index (χ0) is 10.9. The second-order valence-electron chi connectivity index (χ2n) is 2.71. The number of hydrogen-bond acceptors (Lipinski definition) is 2. The Kier molecular flexibility index (Phi) is 2.97. The molecule has 0 bridgehead atoms. The van der Waals surface area contributed by atoms with Gasteiger partial charge >= 0.3 is 0 Å². The maximum Gasteiger partial charge on any atom is 0.189 e. The number of nitrogen functional groups attached to an aromatic ring is 1. The van der Waals surface area contributed by atoms with Crippen LogP contribution in [0, 0.1) is 18.2 Å². The summed E-state index contributed by atoms with van der Waals surface area (Å²) in [6.45, 7) is 1.41. The maximum atomic E-state index is 13.4. The lowest BCUT2D eigenvalue weighted by Gasteiger charge is -2.06. The summed E-state index contributed by atoms with van der Waals surface area (Å²) < 4.78 is 32.7.